The average molecular weight is 248 g/mol. The van der Waals surface area contributed by atoms with E-state index in [2.05, 4.69) is 10.6 Å². The van der Waals surface area contributed by atoms with Crippen LogP contribution >= 0.6 is 0 Å². The first-order valence-electron chi connectivity index (χ1n) is 5.79. The first-order valence-corrected chi connectivity index (χ1v) is 5.79. The molecule has 0 unspecified atom stereocenters. The maximum absolute atomic E-state index is 11.5. The summed E-state index contributed by atoms with van der Waals surface area (Å²) < 4.78 is 0. The van der Waals surface area contributed by atoms with Crippen LogP contribution in [0.1, 0.15) is 23.2 Å². The van der Waals surface area contributed by atoms with Crippen molar-refractivity contribution in [3.8, 4) is 0 Å². The molecule has 0 heterocycles. The highest BCUT2D eigenvalue weighted by Crippen LogP contribution is 2.19. The van der Waals surface area contributed by atoms with Gasteiger partial charge in [-0.2, -0.15) is 0 Å². The zero-order valence-corrected chi connectivity index (χ0v) is 9.90. The number of nitrogens with two attached hydrogens (primary N) is 2. The molecule has 0 aromatic heterocycles. The molecule has 2 amide bonds. The van der Waals surface area contributed by atoms with Crippen LogP contribution in [0.15, 0.2) is 18.2 Å². The van der Waals surface area contributed by atoms with Gasteiger partial charge >= 0.3 is 0 Å². The summed E-state index contributed by atoms with van der Waals surface area (Å²) >= 11 is 0. The van der Waals surface area contributed by atoms with Crippen molar-refractivity contribution >= 4 is 23.2 Å². The smallest absolute Gasteiger partial charge is 0.250 e. The molecule has 0 radical (unpaired) electrons. The lowest BCUT2D eigenvalue weighted by molar-refractivity contribution is -0.119. The first kappa shape index (κ1) is 12.2. The molecule has 2 rings (SSSR count). The highest BCUT2D eigenvalue weighted by molar-refractivity contribution is 5.99. The van der Waals surface area contributed by atoms with Gasteiger partial charge in [-0.1, -0.05) is 0 Å². The Labute approximate surface area is 105 Å². The topological polar surface area (TPSA) is 110 Å². The van der Waals surface area contributed by atoms with Crippen molar-refractivity contribution < 1.29 is 9.59 Å². The fourth-order valence-corrected chi connectivity index (χ4v) is 1.57. The summed E-state index contributed by atoms with van der Waals surface area (Å²) in [5.41, 5.74) is 12.0. The second-order valence-electron chi connectivity index (χ2n) is 4.36. The van der Waals surface area contributed by atoms with Crippen molar-refractivity contribution in [2.24, 2.45) is 5.73 Å². The predicted octanol–water partition coefficient (Wildman–Crippen LogP) is 0.0582. The number of carbonyl (C=O) groups excluding carboxylic acids is 2. The summed E-state index contributed by atoms with van der Waals surface area (Å²) in [6, 6.07) is 5.17. The van der Waals surface area contributed by atoms with E-state index in [1.807, 2.05) is 0 Å². The molecule has 6 nitrogen and oxygen atoms in total. The van der Waals surface area contributed by atoms with E-state index in [9.17, 15) is 9.59 Å². The number of nitrogen functional groups attached to an aromatic ring is 1. The Morgan fingerprint density at radius 3 is 2.67 bits per heavy atom. The van der Waals surface area contributed by atoms with Crippen LogP contribution in [0.4, 0.5) is 11.4 Å². The maximum atomic E-state index is 11.5. The van der Waals surface area contributed by atoms with Crippen LogP contribution in [0.5, 0.6) is 0 Å². The number of primary amides is 1. The number of nitrogens with one attached hydrogen (secondary N) is 2. The third kappa shape index (κ3) is 3.13. The number of hydrogen-bond donors (Lipinski definition) is 4. The van der Waals surface area contributed by atoms with Crippen LogP contribution < -0.4 is 22.1 Å². The second-order valence-corrected chi connectivity index (χ2v) is 4.36. The van der Waals surface area contributed by atoms with E-state index in [-0.39, 0.29) is 18.0 Å². The molecule has 1 fully saturated rings. The van der Waals surface area contributed by atoms with Crippen LogP contribution in [0, 0.1) is 0 Å². The summed E-state index contributed by atoms with van der Waals surface area (Å²) in [6.45, 7) is 0.165. The van der Waals surface area contributed by atoms with Gasteiger partial charge in [0.25, 0.3) is 5.91 Å². The molecule has 0 spiro atoms. The van der Waals surface area contributed by atoms with Gasteiger partial charge in [0.2, 0.25) is 5.91 Å². The van der Waals surface area contributed by atoms with Crippen LogP contribution in [-0.2, 0) is 4.79 Å². The molecule has 6 N–H and O–H groups in total. The Bertz CT molecular complexity index is 483. The Morgan fingerprint density at radius 1 is 1.33 bits per heavy atom. The lowest BCUT2D eigenvalue weighted by Gasteiger charge is -2.09. The SMILES string of the molecule is NC(=O)c1cc(NCC(=O)NC2CC2)ccc1N. The summed E-state index contributed by atoms with van der Waals surface area (Å²) in [6.07, 6.45) is 2.11. The molecule has 18 heavy (non-hydrogen) atoms. The van der Waals surface area contributed by atoms with Crippen molar-refractivity contribution in [3.63, 3.8) is 0 Å². The minimum Gasteiger partial charge on any atom is -0.398 e. The zero-order chi connectivity index (χ0) is 13.1. The highest BCUT2D eigenvalue weighted by atomic mass is 16.2. The first-order chi connectivity index (χ1) is 8.56. The number of rotatable bonds is 5. The van der Waals surface area contributed by atoms with Crippen molar-refractivity contribution in [2.75, 3.05) is 17.6 Å². The van der Waals surface area contributed by atoms with E-state index in [0.717, 1.165) is 12.8 Å². The summed E-state index contributed by atoms with van der Waals surface area (Å²) in [7, 11) is 0. The highest BCUT2D eigenvalue weighted by Gasteiger charge is 2.22. The third-order valence-corrected chi connectivity index (χ3v) is 2.71. The minimum absolute atomic E-state index is 0.0602. The van der Waals surface area contributed by atoms with Crippen molar-refractivity contribution in [1.82, 2.24) is 5.32 Å². The van der Waals surface area contributed by atoms with E-state index < -0.39 is 5.91 Å². The van der Waals surface area contributed by atoms with E-state index in [4.69, 9.17) is 11.5 Å². The van der Waals surface area contributed by atoms with E-state index in [1.165, 1.54) is 0 Å². The van der Waals surface area contributed by atoms with Crippen molar-refractivity contribution in [2.45, 2.75) is 18.9 Å². The summed E-state index contributed by atoms with van der Waals surface area (Å²) in [5, 5.41) is 5.78. The Kier molecular flexibility index (Phi) is 3.36. The van der Waals surface area contributed by atoms with Crippen LogP contribution in [-0.4, -0.2) is 24.4 Å². The number of anilines is 2. The maximum Gasteiger partial charge on any atom is 0.250 e. The minimum atomic E-state index is -0.585. The Balaban J connectivity index is 1.94. The molecule has 1 aromatic carbocycles. The monoisotopic (exact) mass is 248 g/mol. The fourth-order valence-electron chi connectivity index (χ4n) is 1.57. The largest absolute Gasteiger partial charge is 0.398 e. The average Bonchev–Trinajstić information content (AvgIpc) is 3.11. The normalized spacial score (nSPS) is 14.0. The molecular formula is C12H16N4O2. The molecule has 1 aliphatic carbocycles. The van der Waals surface area contributed by atoms with Gasteiger partial charge < -0.3 is 22.1 Å². The van der Waals surface area contributed by atoms with Crippen LogP contribution in [0.3, 0.4) is 0 Å². The molecule has 0 saturated heterocycles. The van der Waals surface area contributed by atoms with E-state index in [0.29, 0.717) is 17.4 Å². The molecule has 0 aliphatic heterocycles. The molecule has 96 valence electrons. The van der Waals surface area contributed by atoms with Gasteiger partial charge in [-0.25, -0.2) is 0 Å². The molecule has 0 atom stereocenters. The van der Waals surface area contributed by atoms with Crippen molar-refractivity contribution in [1.29, 1.82) is 0 Å². The van der Waals surface area contributed by atoms with E-state index >= 15 is 0 Å². The number of hydrogen-bond acceptors (Lipinski definition) is 4. The summed E-state index contributed by atoms with van der Waals surface area (Å²) in [4.78, 5) is 22.6. The number of carbonyl (C=O) groups is 2. The van der Waals surface area contributed by atoms with E-state index in [1.54, 1.807) is 18.2 Å². The quantitative estimate of drug-likeness (QED) is 0.552. The predicted molar refractivity (Wildman–Crippen MR) is 69.0 cm³/mol. The molecule has 1 aliphatic rings. The standard InChI is InChI=1S/C12H16N4O2/c13-10-4-3-8(5-9(10)12(14)18)15-6-11(17)16-7-1-2-7/h3-5,7,15H,1-2,6,13H2,(H2,14,18)(H,16,17). The van der Waals surface area contributed by atoms with Gasteiger partial charge in [0.15, 0.2) is 0 Å². The molecule has 0 bridgehead atoms. The zero-order valence-electron chi connectivity index (χ0n) is 9.90. The number of benzene rings is 1. The Morgan fingerprint density at radius 2 is 2.06 bits per heavy atom. The molecule has 1 saturated carbocycles. The third-order valence-electron chi connectivity index (χ3n) is 2.71. The summed E-state index contributed by atoms with van der Waals surface area (Å²) in [5.74, 6) is -0.645. The fraction of sp³-hybridized carbons (Fsp3) is 0.333. The lowest BCUT2D eigenvalue weighted by Crippen LogP contribution is -2.31. The molecule has 1 aromatic rings. The lowest BCUT2D eigenvalue weighted by atomic mass is 10.1. The molecular weight excluding hydrogens is 232 g/mol. The van der Waals surface area contributed by atoms with Gasteiger partial charge in [-0.15, -0.1) is 0 Å². The van der Waals surface area contributed by atoms with Gasteiger partial charge in [0.05, 0.1) is 12.1 Å². The molecule has 6 heteroatoms. The van der Waals surface area contributed by atoms with Gasteiger partial charge in [-0.3, -0.25) is 9.59 Å². The van der Waals surface area contributed by atoms with Crippen LogP contribution in [0.25, 0.3) is 0 Å². The van der Waals surface area contributed by atoms with Gasteiger partial charge in [0.1, 0.15) is 0 Å². The van der Waals surface area contributed by atoms with Gasteiger partial charge in [-0.05, 0) is 31.0 Å². The van der Waals surface area contributed by atoms with Gasteiger partial charge in [0, 0.05) is 17.4 Å². The number of amides is 2. The van der Waals surface area contributed by atoms with Crippen LogP contribution in [0.2, 0.25) is 0 Å². The van der Waals surface area contributed by atoms with Crippen molar-refractivity contribution in [3.05, 3.63) is 23.8 Å². The Hall–Kier alpha value is -2.24. The second kappa shape index (κ2) is 4.95.